The van der Waals surface area contributed by atoms with E-state index < -0.39 is 16.5 Å². The predicted molar refractivity (Wildman–Crippen MR) is 192 cm³/mol. The number of fused-ring (bicyclic) bond motifs is 1. The van der Waals surface area contributed by atoms with Crippen LogP contribution in [-0.2, 0) is 17.5 Å². The topological polar surface area (TPSA) is 126 Å². The molecule has 1 aromatic heterocycles. The Morgan fingerprint density at radius 2 is 1.81 bits per heavy atom. The van der Waals surface area contributed by atoms with Gasteiger partial charge >= 0.3 is 0 Å². The van der Waals surface area contributed by atoms with Crippen LogP contribution in [0.25, 0.3) is 0 Å². The van der Waals surface area contributed by atoms with Crippen molar-refractivity contribution in [2.75, 3.05) is 48.7 Å². The van der Waals surface area contributed by atoms with Gasteiger partial charge in [0.1, 0.15) is 23.3 Å². The Hall–Kier alpha value is -4.48. The van der Waals surface area contributed by atoms with E-state index in [1.807, 2.05) is 62.3 Å². The Morgan fingerprint density at radius 1 is 1.06 bits per heavy atom. The van der Waals surface area contributed by atoms with Crippen molar-refractivity contribution in [3.05, 3.63) is 100 Å². The maximum absolute atomic E-state index is 13.7. The summed E-state index contributed by atoms with van der Waals surface area (Å²) >= 11 is 0. The number of anilines is 3. The summed E-state index contributed by atoms with van der Waals surface area (Å²) in [4.78, 5) is 25.4. The van der Waals surface area contributed by atoms with Crippen molar-refractivity contribution in [3.63, 3.8) is 0 Å². The van der Waals surface area contributed by atoms with Gasteiger partial charge in [-0.05, 0) is 87.1 Å². The van der Waals surface area contributed by atoms with E-state index in [1.54, 1.807) is 12.4 Å². The van der Waals surface area contributed by atoms with Gasteiger partial charge in [0, 0.05) is 56.6 Å². The van der Waals surface area contributed by atoms with E-state index in [2.05, 4.69) is 56.7 Å². The first-order chi connectivity index (χ1) is 23.1. The van der Waals surface area contributed by atoms with Crippen LogP contribution in [0.15, 0.2) is 71.9 Å². The number of nitrogens with zero attached hydrogens (tertiary/aromatic N) is 4. The summed E-state index contributed by atoms with van der Waals surface area (Å²) in [6, 6.07) is 18.0. The molecule has 252 valence electrons. The van der Waals surface area contributed by atoms with Crippen LogP contribution in [0.2, 0.25) is 0 Å². The quantitative estimate of drug-likeness (QED) is 0.187. The summed E-state index contributed by atoms with van der Waals surface area (Å²) in [6.07, 6.45) is 4.32. The van der Waals surface area contributed by atoms with Gasteiger partial charge in [-0.3, -0.25) is 4.79 Å². The Morgan fingerprint density at radius 3 is 2.52 bits per heavy atom. The van der Waals surface area contributed by atoms with Gasteiger partial charge in [0.2, 0.25) is 5.95 Å². The third-order valence-electron chi connectivity index (χ3n) is 9.35. The predicted octanol–water partition coefficient (Wildman–Crippen LogP) is 5.58. The molecule has 2 atom stereocenters. The molecule has 1 amide bonds. The van der Waals surface area contributed by atoms with Gasteiger partial charge in [-0.15, -0.1) is 0 Å². The number of hydrogen-bond acceptors (Lipinski definition) is 8. The van der Waals surface area contributed by atoms with Crippen molar-refractivity contribution in [1.82, 2.24) is 19.6 Å². The van der Waals surface area contributed by atoms with E-state index >= 15 is 0 Å². The number of nitrogens with two attached hydrogens (primary N) is 1. The summed E-state index contributed by atoms with van der Waals surface area (Å²) in [7, 11) is -1.38. The standard InChI is InChI=1S/C37H45N7O3S/c1-6-39-30-15-14-29(25(3)34(30)38)33(37(4,5)42-35(45)28-21-40-36(41-22-28)43-16-9-17-43)26-13-12-24(2)27(20-26)23-44-18-19-47-31-10-7-8-11-32(31)48(44)46/h7-8,10-15,20-22,33,39H,6,9,16-19,23,38H2,1-5H3,(H,42,45). The minimum atomic E-state index is -1.38. The molecular weight excluding hydrogens is 623 g/mol. The average Bonchev–Trinajstić information content (AvgIpc) is 3.19. The van der Waals surface area contributed by atoms with Crippen LogP contribution in [0.5, 0.6) is 5.75 Å². The minimum Gasteiger partial charge on any atom is -0.491 e. The highest BCUT2D eigenvalue weighted by atomic mass is 32.2. The summed E-state index contributed by atoms with van der Waals surface area (Å²) in [5.41, 5.74) is 13.0. The molecule has 10 nitrogen and oxygen atoms in total. The number of nitrogen functional groups attached to an aromatic ring is 1. The number of aryl methyl sites for hydroxylation is 1. The smallest absolute Gasteiger partial charge is 0.254 e. The molecular formula is C37H45N7O3S. The summed E-state index contributed by atoms with van der Waals surface area (Å²) in [5, 5.41) is 6.67. The molecule has 4 N–H and O–H groups in total. The number of nitrogens with one attached hydrogen (secondary N) is 2. The highest BCUT2D eigenvalue weighted by molar-refractivity contribution is 7.82. The Bertz CT molecular complexity index is 1820. The maximum atomic E-state index is 13.7. The first-order valence-electron chi connectivity index (χ1n) is 16.6. The fraction of sp³-hybridized carbons (Fsp3) is 0.378. The van der Waals surface area contributed by atoms with E-state index in [-0.39, 0.29) is 11.8 Å². The monoisotopic (exact) mass is 667 g/mol. The normalized spacial score (nSPS) is 17.0. The van der Waals surface area contributed by atoms with Crippen molar-refractivity contribution in [1.29, 1.82) is 0 Å². The van der Waals surface area contributed by atoms with Gasteiger partial charge in [-0.2, -0.15) is 0 Å². The largest absolute Gasteiger partial charge is 0.491 e. The Labute approximate surface area is 285 Å². The average molecular weight is 668 g/mol. The van der Waals surface area contributed by atoms with Gasteiger partial charge in [0.15, 0.2) is 0 Å². The van der Waals surface area contributed by atoms with Crippen LogP contribution in [0, 0.1) is 13.8 Å². The lowest BCUT2D eigenvalue weighted by Crippen LogP contribution is -2.48. The van der Waals surface area contributed by atoms with E-state index in [4.69, 9.17) is 10.5 Å². The van der Waals surface area contributed by atoms with E-state index in [9.17, 15) is 9.00 Å². The van der Waals surface area contributed by atoms with E-state index in [0.29, 0.717) is 47.5 Å². The third-order valence-corrected chi connectivity index (χ3v) is 10.8. The second-order valence-corrected chi connectivity index (χ2v) is 14.5. The van der Waals surface area contributed by atoms with Crippen LogP contribution >= 0.6 is 0 Å². The molecule has 2 aliphatic rings. The molecule has 3 aromatic carbocycles. The number of ether oxygens (including phenoxy) is 1. The summed E-state index contributed by atoms with van der Waals surface area (Å²) in [5.74, 6) is 0.783. The molecule has 4 aromatic rings. The van der Waals surface area contributed by atoms with Crippen LogP contribution < -0.4 is 26.0 Å². The fourth-order valence-corrected chi connectivity index (χ4v) is 7.77. The molecule has 1 saturated heterocycles. The molecule has 2 unspecified atom stereocenters. The van der Waals surface area contributed by atoms with Gasteiger partial charge < -0.3 is 26.0 Å². The van der Waals surface area contributed by atoms with Crippen molar-refractivity contribution in [3.8, 4) is 5.75 Å². The second-order valence-electron chi connectivity index (χ2n) is 13.1. The SMILES string of the molecule is CCNc1ccc(C(c2ccc(C)c(CN3CCOc4ccccc4S3=O)c2)C(C)(C)NC(=O)c2cnc(N3CCC3)nc2)c(C)c1N. The summed E-state index contributed by atoms with van der Waals surface area (Å²) in [6.45, 7) is 14.3. The molecule has 1 fully saturated rings. The molecule has 48 heavy (non-hydrogen) atoms. The zero-order valence-corrected chi connectivity index (χ0v) is 29.2. The third kappa shape index (κ3) is 6.75. The number of aromatic nitrogens is 2. The van der Waals surface area contributed by atoms with Crippen molar-refractivity contribution < 1.29 is 13.7 Å². The second kappa shape index (κ2) is 13.9. The first kappa shape index (κ1) is 33.4. The molecule has 6 rings (SSSR count). The number of hydrogen-bond donors (Lipinski definition) is 3. The highest BCUT2D eigenvalue weighted by Gasteiger charge is 2.36. The highest BCUT2D eigenvalue weighted by Crippen LogP contribution is 2.41. The molecule has 2 aliphatic heterocycles. The van der Waals surface area contributed by atoms with E-state index in [0.717, 1.165) is 59.6 Å². The number of benzene rings is 3. The first-order valence-corrected chi connectivity index (χ1v) is 17.7. The fourth-order valence-electron chi connectivity index (χ4n) is 6.50. The number of carbonyl (C=O) groups excluding carboxylic acids is 1. The Kier molecular flexibility index (Phi) is 9.70. The van der Waals surface area contributed by atoms with Crippen molar-refractivity contribution in [2.24, 2.45) is 0 Å². The lowest BCUT2D eigenvalue weighted by Gasteiger charge is -2.38. The van der Waals surface area contributed by atoms with Crippen molar-refractivity contribution >= 4 is 34.2 Å². The zero-order valence-electron chi connectivity index (χ0n) is 28.4. The zero-order chi connectivity index (χ0) is 34.0. The lowest BCUT2D eigenvalue weighted by atomic mass is 9.74. The van der Waals surface area contributed by atoms with Gasteiger partial charge in [-0.1, -0.05) is 36.4 Å². The molecule has 0 spiro atoms. The van der Waals surface area contributed by atoms with E-state index in [1.165, 1.54) is 0 Å². The van der Waals surface area contributed by atoms with Gasteiger partial charge in [0.25, 0.3) is 5.91 Å². The molecule has 0 bridgehead atoms. The molecule has 0 radical (unpaired) electrons. The summed E-state index contributed by atoms with van der Waals surface area (Å²) < 4.78 is 21.6. The Balaban J connectivity index is 1.36. The number of amides is 1. The maximum Gasteiger partial charge on any atom is 0.254 e. The molecule has 3 heterocycles. The van der Waals surface area contributed by atoms with Crippen LogP contribution in [0.3, 0.4) is 0 Å². The number of para-hydroxylation sites is 1. The van der Waals surface area contributed by atoms with Crippen molar-refractivity contribution in [2.45, 2.75) is 63.9 Å². The minimum absolute atomic E-state index is 0.249. The van der Waals surface area contributed by atoms with Crippen LogP contribution in [0.1, 0.15) is 71.3 Å². The molecule has 11 heteroatoms. The van der Waals surface area contributed by atoms with Crippen LogP contribution in [0.4, 0.5) is 17.3 Å². The van der Waals surface area contributed by atoms with Crippen LogP contribution in [-0.4, -0.2) is 62.7 Å². The van der Waals surface area contributed by atoms with Gasteiger partial charge in [0.05, 0.1) is 21.8 Å². The molecule has 0 aliphatic carbocycles. The lowest BCUT2D eigenvalue weighted by molar-refractivity contribution is 0.0905. The van der Waals surface area contributed by atoms with Gasteiger partial charge in [-0.25, -0.2) is 18.5 Å². The molecule has 0 saturated carbocycles. The number of rotatable bonds is 10. The number of carbonyl (C=O) groups is 1.